The van der Waals surface area contributed by atoms with Gasteiger partial charge in [0.25, 0.3) is 0 Å². The van der Waals surface area contributed by atoms with Gasteiger partial charge in [-0.15, -0.1) is 30.6 Å². The summed E-state index contributed by atoms with van der Waals surface area (Å²) in [6.45, 7) is 8.44. The van der Waals surface area contributed by atoms with Crippen LogP contribution in [0.2, 0.25) is 0 Å². The fourth-order valence-corrected chi connectivity index (χ4v) is 6.91. The number of amides is 2. The zero-order chi connectivity index (χ0) is 23.8. The molecule has 3 aromatic heterocycles. The highest BCUT2D eigenvalue weighted by Gasteiger charge is 2.14. The predicted octanol–water partition coefficient (Wildman–Crippen LogP) is 4.10. The van der Waals surface area contributed by atoms with E-state index < -0.39 is 0 Å². The van der Waals surface area contributed by atoms with Gasteiger partial charge >= 0.3 is 0 Å². The summed E-state index contributed by atoms with van der Waals surface area (Å²) in [7, 11) is 0. The maximum atomic E-state index is 12.2. The molecule has 2 N–H and O–H groups in total. The largest absolute Gasteiger partial charge is 0.300 e. The molecule has 0 unspecified atom stereocenters. The average Bonchev–Trinajstić information content (AvgIpc) is 3.46. The third-order valence-electron chi connectivity index (χ3n) is 3.63. The van der Waals surface area contributed by atoms with E-state index in [2.05, 4.69) is 68.9 Å². The summed E-state index contributed by atoms with van der Waals surface area (Å²) in [6, 6.07) is 0. The predicted molar refractivity (Wildman–Crippen MR) is 136 cm³/mol. The summed E-state index contributed by atoms with van der Waals surface area (Å²) in [5, 5.41) is 32.7. The number of nitrogens with one attached hydrogen (secondary N) is 2. The Hall–Kier alpha value is -1.68. The Morgan fingerprint density at radius 3 is 1.52 bits per heavy atom. The van der Waals surface area contributed by atoms with Crippen LogP contribution in [0.5, 0.6) is 0 Å². The van der Waals surface area contributed by atoms with Gasteiger partial charge in [-0.25, -0.2) is 0 Å². The van der Waals surface area contributed by atoms with E-state index >= 15 is 0 Å². The molecule has 0 aliphatic rings. The summed E-state index contributed by atoms with van der Waals surface area (Å²) in [5.41, 5.74) is 0. The zero-order valence-electron chi connectivity index (χ0n) is 18.5. The van der Waals surface area contributed by atoms with Crippen LogP contribution in [0.25, 0.3) is 0 Å². The van der Waals surface area contributed by atoms with Gasteiger partial charge in [-0.3, -0.25) is 20.2 Å². The number of rotatable bonds is 12. The molecule has 0 aliphatic heterocycles. The van der Waals surface area contributed by atoms with Crippen LogP contribution in [0.1, 0.15) is 37.7 Å². The highest BCUT2D eigenvalue weighted by atomic mass is 32.2. The Labute approximate surface area is 212 Å². The third-order valence-corrected chi connectivity index (χ3v) is 8.55. The molecule has 0 spiro atoms. The lowest BCUT2D eigenvalue weighted by molar-refractivity contribution is -0.114. The Morgan fingerprint density at radius 1 is 0.697 bits per heavy atom. The van der Waals surface area contributed by atoms with E-state index in [0.29, 0.717) is 30.8 Å². The van der Waals surface area contributed by atoms with Crippen LogP contribution in [0.4, 0.5) is 10.3 Å². The summed E-state index contributed by atoms with van der Waals surface area (Å²) in [6.07, 6.45) is 1.68. The van der Waals surface area contributed by atoms with Gasteiger partial charge in [0.1, 0.15) is 10.0 Å². The van der Waals surface area contributed by atoms with E-state index in [9.17, 15) is 9.59 Å². The molecule has 33 heavy (non-hydrogen) atoms. The van der Waals surface area contributed by atoms with E-state index in [0.717, 1.165) is 22.9 Å². The van der Waals surface area contributed by atoms with Gasteiger partial charge in [0, 0.05) is 12.8 Å². The van der Waals surface area contributed by atoms with Crippen LogP contribution >= 0.6 is 57.5 Å². The second kappa shape index (κ2) is 12.7. The summed E-state index contributed by atoms with van der Waals surface area (Å²) >= 11 is 6.71. The first kappa shape index (κ1) is 25.9. The molecule has 0 radical (unpaired) electrons. The van der Waals surface area contributed by atoms with Crippen molar-refractivity contribution >= 4 is 79.6 Å². The van der Waals surface area contributed by atoms with E-state index in [1.165, 1.54) is 57.5 Å². The van der Waals surface area contributed by atoms with Gasteiger partial charge in [0.05, 0.1) is 11.5 Å². The first-order valence-electron chi connectivity index (χ1n) is 10.1. The third kappa shape index (κ3) is 9.23. The van der Waals surface area contributed by atoms with Gasteiger partial charge in [-0.2, -0.15) is 0 Å². The van der Waals surface area contributed by atoms with E-state index in [1.807, 2.05) is 0 Å². The van der Waals surface area contributed by atoms with Gasteiger partial charge in [0.2, 0.25) is 22.1 Å². The normalized spacial score (nSPS) is 11.3. The Morgan fingerprint density at radius 2 is 1.12 bits per heavy atom. The van der Waals surface area contributed by atoms with Crippen molar-refractivity contribution in [1.29, 1.82) is 0 Å². The van der Waals surface area contributed by atoms with Gasteiger partial charge in [0.15, 0.2) is 8.68 Å². The zero-order valence-corrected chi connectivity index (χ0v) is 22.6. The molecule has 0 atom stereocenters. The maximum absolute atomic E-state index is 12.2. The van der Waals surface area contributed by atoms with Crippen LogP contribution < -0.4 is 10.6 Å². The molecule has 3 aromatic rings. The number of anilines is 2. The lowest BCUT2D eigenvalue weighted by atomic mass is 10.1. The van der Waals surface area contributed by atoms with E-state index in [1.54, 1.807) is 0 Å². The molecule has 0 fully saturated rings. The lowest BCUT2D eigenvalue weighted by Gasteiger charge is -1.99. The van der Waals surface area contributed by atoms with E-state index in [4.69, 9.17) is 0 Å². The first-order valence-corrected chi connectivity index (χ1v) is 14.5. The van der Waals surface area contributed by atoms with Crippen molar-refractivity contribution in [3.8, 4) is 0 Å². The van der Waals surface area contributed by atoms with Crippen molar-refractivity contribution in [2.24, 2.45) is 11.8 Å². The highest BCUT2D eigenvalue weighted by Crippen LogP contribution is 2.29. The van der Waals surface area contributed by atoms with Crippen molar-refractivity contribution in [2.75, 3.05) is 22.1 Å². The number of thioether (sulfide) groups is 2. The van der Waals surface area contributed by atoms with E-state index in [-0.39, 0.29) is 23.3 Å². The fourth-order valence-electron chi connectivity index (χ4n) is 2.35. The monoisotopic (exact) mass is 544 g/mol. The minimum absolute atomic E-state index is 0.176. The number of nitrogens with zero attached hydrogens (tertiary/aromatic N) is 6. The summed E-state index contributed by atoms with van der Waals surface area (Å²) in [5.74, 6) is 0.998. The van der Waals surface area contributed by atoms with Gasteiger partial charge in [-0.05, 0) is 11.8 Å². The Kier molecular flexibility index (Phi) is 9.97. The van der Waals surface area contributed by atoms with Crippen molar-refractivity contribution in [1.82, 2.24) is 30.6 Å². The molecule has 10 nitrogen and oxygen atoms in total. The first-order chi connectivity index (χ1) is 15.8. The standard InChI is InChI=1S/C18H24N8O2S5/c1-9(2)5-13-21-23-15(31-13)19-11(27)7-29-17-25-26-18(33-17)30-8-12(28)20-16-24-22-14(32-16)6-10(3)4/h9-10H,5-8H2,1-4H3,(H,19,23,27)(H,20,24,28). The van der Waals surface area contributed by atoms with Crippen molar-refractivity contribution in [2.45, 2.75) is 49.2 Å². The minimum Gasteiger partial charge on any atom is -0.300 e. The van der Waals surface area contributed by atoms with Crippen LogP contribution in [-0.4, -0.2) is 53.9 Å². The Bertz CT molecular complexity index is 983. The topological polar surface area (TPSA) is 136 Å². The molecule has 3 heterocycles. The quantitative estimate of drug-likeness (QED) is 0.321. The number of hydrogen-bond acceptors (Lipinski definition) is 13. The molecule has 0 aliphatic carbocycles. The molecular weight excluding hydrogens is 521 g/mol. The van der Waals surface area contributed by atoms with Crippen molar-refractivity contribution in [3.63, 3.8) is 0 Å². The van der Waals surface area contributed by atoms with Crippen LogP contribution in [0, 0.1) is 11.8 Å². The molecule has 0 bridgehead atoms. The highest BCUT2D eigenvalue weighted by molar-refractivity contribution is 8.03. The second-order valence-electron chi connectivity index (χ2n) is 7.71. The molecule has 0 saturated carbocycles. The number of carbonyl (C=O) groups is 2. The average molecular weight is 545 g/mol. The lowest BCUT2D eigenvalue weighted by Crippen LogP contribution is -2.13. The molecule has 178 valence electrons. The second-order valence-corrected chi connectivity index (χ2v) is 13.3. The van der Waals surface area contributed by atoms with Crippen molar-refractivity contribution in [3.05, 3.63) is 10.0 Å². The van der Waals surface area contributed by atoms with Gasteiger partial charge < -0.3 is 0 Å². The number of hydrogen-bond donors (Lipinski definition) is 2. The van der Waals surface area contributed by atoms with Crippen LogP contribution in [-0.2, 0) is 22.4 Å². The van der Waals surface area contributed by atoms with Gasteiger partial charge in [-0.1, -0.05) is 85.2 Å². The molecule has 2 amide bonds. The SMILES string of the molecule is CC(C)Cc1nnc(NC(=O)CSc2nnc(SCC(=O)Nc3nnc(CC(C)C)s3)s2)s1. The molecule has 3 rings (SSSR count). The van der Waals surface area contributed by atoms with Crippen LogP contribution in [0.3, 0.4) is 0 Å². The molecule has 0 saturated heterocycles. The molecule has 0 aromatic carbocycles. The molecular formula is C18H24N8O2S5. The van der Waals surface area contributed by atoms with Crippen molar-refractivity contribution < 1.29 is 9.59 Å². The maximum Gasteiger partial charge on any atom is 0.236 e. The smallest absolute Gasteiger partial charge is 0.236 e. The summed E-state index contributed by atoms with van der Waals surface area (Å²) in [4.78, 5) is 24.3. The molecule has 15 heteroatoms. The summed E-state index contributed by atoms with van der Waals surface area (Å²) < 4.78 is 1.32. The fraction of sp³-hybridized carbons (Fsp3) is 0.556. The number of aromatic nitrogens is 6. The Balaban J connectivity index is 1.38. The minimum atomic E-state index is -0.176. The van der Waals surface area contributed by atoms with Crippen LogP contribution in [0.15, 0.2) is 8.68 Å². The number of carbonyl (C=O) groups excluding carboxylic acids is 2.